The molecule has 3 saturated heterocycles. The summed E-state index contributed by atoms with van der Waals surface area (Å²) < 4.78 is 35.8. The van der Waals surface area contributed by atoms with Crippen molar-refractivity contribution in [2.45, 2.75) is 30.8 Å². The van der Waals surface area contributed by atoms with Crippen LogP contribution in [0.4, 0.5) is 0 Å². The van der Waals surface area contributed by atoms with Crippen LogP contribution in [0.3, 0.4) is 0 Å². The van der Waals surface area contributed by atoms with Crippen LogP contribution in [0.2, 0.25) is 0 Å². The molecule has 7 rings (SSSR count). The molecular formula is C27H27NO5S. The minimum atomic E-state index is -4.02. The number of carbonyl (C=O) groups excluding carboxylic acids is 1. The fraction of sp³-hybridized carbons (Fsp3) is 0.296. The Morgan fingerprint density at radius 1 is 0.882 bits per heavy atom. The highest BCUT2D eigenvalue weighted by molar-refractivity contribution is 7.85. The molecule has 0 saturated carbocycles. The van der Waals surface area contributed by atoms with Crippen LogP contribution in [-0.2, 0) is 10.1 Å². The van der Waals surface area contributed by atoms with Crippen LogP contribution in [0, 0.1) is 12.8 Å². The highest BCUT2D eigenvalue weighted by atomic mass is 32.2. The number of ketones is 1. The predicted molar refractivity (Wildman–Crippen MR) is 130 cm³/mol. The van der Waals surface area contributed by atoms with Gasteiger partial charge in [0, 0.05) is 17.7 Å². The average Bonchev–Trinajstić information content (AvgIpc) is 3.12. The Bertz CT molecular complexity index is 1330. The van der Waals surface area contributed by atoms with Gasteiger partial charge in [0.25, 0.3) is 10.1 Å². The van der Waals surface area contributed by atoms with Gasteiger partial charge in [0.2, 0.25) is 0 Å². The van der Waals surface area contributed by atoms with Crippen molar-refractivity contribution in [1.82, 2.24) is 4.90 Å². The number of hydrogen-bond acceptors (Lipinski definition) is 5. The van der Waals surface area contributed by atoms with Gasteiger partial charge in [-0.2, -0.15) is 8.42 Å². The molecule has 7 heteroatoms. The molecule has 3 aliphatic heterocycles. The number of aryl methyl sites for hydroxylation is 1. The van der Waals surface area contributed by atoms with Crippen LogP contribution in [-0.4, -0.2) is 49.4 Å². The lowest BCUT2D eigenvalue weighted by Gasteiger charge is -2.44. The number of ether oxygens (including phenoxy) is 1. The van der Waals surface area contributed by atoms with Gasteiger partial charge in [-0.05, 0) is 80.2 Å². The Morgan fingerprint density at radius 3 is 2.15 bits per heavy atom. The highest BCUT2D eigenvalue weighted by Crippen LogP contribution is 2.39. The molecule has 1 atom stereocenters. The van der Waals surface area contributed by atoms with E-state index in [0.717, 1.165) is 40.1 Å². The zero-order valence-electron chi connectivity index (χ0n) is 19.0. The Kier molecular flexibility index (Phi) is 6.02. The molecule has 1 aliphatic carbocycles. The topological polar surface area (TPSA) is 83.9 Å². The first-order valence-corrected chi connectivity index (χ1v) is 12.9. The largest absolute Gasteiger partial charge is 0.489 e. The Morgan fingerprint density at radius 2 is 1.53 bits per heavy atom. The normalized spacial score (nSPS) is 22.4. The summed E-state index contributed by atoms with van der Waals surface area (Å²) in [5.74, 6) is 1.62. The zero-order chi connectivity index (χ0) is 23.9. The highest BCUT2D eigenvalue weighted by Gasteiger charge is 2.36. The van der Waals surface area contributed by atoms with Crippen molar-refractivity contribution < 1.29 is 22.5 Å². The molecular weight excluding hydrogens is 450 g/mol. The molecule has 3 aromatic carbocycles. The molecule has 2 bridgehead atoms. The molecule has 0 aromatic heterocycles. The third-order valence-corrected chi connectivity index (χ3v) is 7.77. The Hall–Kier alpha value is -3.00. The van der Waals surface area contributed by atoms with Crippen molar-refractivity contribution in [3.8, 4) is 16.9 Å². The van der Waals surface area contributed by atoms with E-state index in [9.17, 15) is 13.2 Å². The third-order valence-electron chi connectivity index (χ3n) is 6.90. The first-order chi connectivity index (χ1) is 16.3. The number of rotatable bonds is 3. The molecule has 0 amide bonds. The standard InChI is InChI=1S/C20H19NO2.C7H8O3S/c22-20-17-4-2-1-3-15(17)16-6-5-14(11-18(16)20)23-19-12-21-9-7-13(19)8-10-21;1-6-2-4-7(5-3-6)11(8,9)10/h1-6,11,13,19H,7-10,12H2;2-5H,1H3,(H,8,9,10)/t19-;/m0./s1. The number of benzene rings is 3. The van der Waals surface area contributed by atoms with E-state index in [1.165, 1.54) is 38.1 Å². The minimum absolute atomic E-state index is 0.0666. The number of nitrogens with zero attached hydrogens (tertiary/aromatic N) is 1. The number of carbonyl (C=O) groups is 1. The maximum atomic E-state index is 12.6. The van der Waals surface area contributed by atoms with Crippen LogP contribution in [0.25, 0.3) is 11.1 Å². The lowest BCUT2D eigenvalue weighted by Crippen LogP contribution is -2.52. The van der Waals surface area contributed by atoms with Crippen molar-refractivity contribution in [2.24, 2.45) is 5.92 Å². The van der Waals surface area contributed by atoms with Gasteiger partial charge in [-0.3, -0.25) is 14.2 Å². The Labute approximate surface area is 199 Å². The summed E-state index contributed by atoms with van der Waals surface area (Å²) in [5, 5.41) is 0. The third kappa shape index (κ3) is 4.51. The molecule has 4 aliphatic rings. The average molecular weight is 478 g/mol. The number of fused-ring (bicyclic) bond motifs is 6. The van der Waals surface area contributed by atoms with E-state index in [1.807, 2.05) is 49.4 Å². The molecule has 0 spiro atoms. The maximum absolute atomic E-state index is 12.6. The summed E-state index contributed by atoms with van der Waals surface area (Å²) in [6.07, 6.45) is 2.74. The lowest BCUT2D eigenvalue weighted by atomic mass is 9.86. The summed E-state index contributed by atoms with van der Waals surface area (Å²) in [7, 11) is -4.02. The van der Waals surface area contributed by atoms with Crippen LogP contribution in [0.15, 0.2) is 71.6 Å². The van der Waals surface area contributed by atoms with E-state index in [-0.39, 0.29) is 16.8 Å². The SMILES string of the molecule is Cc1ccc(S(=O)(=O)O)cc1.O=C1c2ccccc2-c2ccc(O[C@H]3CN4CCC3CC4)cc21. The first-order valence-electron chi connectivity index (χ1n) is 11.5. The molecule has 34 heavy (non-hydrogen) atoms. The van der Waals surface area contributed by atoms with E-state index in [4.69, 9.17) is 9.29 Å². The molecule has 6 nitrogen and oxygen atoms in total. The summed E-state index contributed by atoms with van der Waals surface area (Å²) in [4.78, 5) is 15.0. The van der Waals surface area contributed by atoms with Crippen molar-refractivity contribution in [2.75, 3.05) is 19.6 Å². The van der Waals surface area contributed by atoms with Gasteiger partial charge >= 0.3 is 0 Å². The van der Waals surface area contributed by atoms with Gasteiger partial charge in [-0.15, -0.1) is 0 Å². The number of piperidine rings is 3. The lowest BCUT2D eigenvalue weighted by molar-refractivity contribution is -0.00777. The molecule has 1 N–H and O–H groups in total. The fourth-order valence-electron chi connectivity index (χ4n) is 5.01. The van der Waals surface area contributed by atoms with E-state index >= 15 is 0 Å². The van der Waals surface area contributed by atoms with Gasteiger partial charge in [0.05, 0.1) is 4.90 Å². The first kappa shape index (κ1) is 22.8. The Balaban J connectivity index is 0.000000186. The van der Waals surface area contributed by atoms with Crippen LogP contribution in [0.5, 0.6) is 5.75 Å². The van der Waals surface area contributed by atoms with Gasteiger partial charge in [-0.25, -0.2) is 0 Å². The summed E-state index contributed by atoms with van der Waals surface area (Å²) >= 11 is 0. The molecule has 0 radical (unpaired) electrons. The monoisotopic (exact) mass is 477 g/mol. The summed E-state index contributed by atoms with van der Waals surface area (Å²) in [5.41, 5.74) is 4.62. The second-order valence-corrected chi connectivity index (χ2v) is 10.6. The van der Waals surface area contributed by atoms with Gasteiger partial charge in [0.15, 0.2) is 5.78 Å². The molecule has 0 unspecified atom stereocenters. The van der Waals surface area contributed by atoms with Gasteiger partial charge < -0.3 is 4.74 Å². The van der Waals surface area contributed by atoms with E-state index in [1.54, 1.807) is 12.1 Å². The van der Waals surface area contributed by atoms with Crippen molar-refractivity contribution in [3.05, 3.63) is 83.4 Å². The zero-order valence-corrected chi connectivity index (χ0v) is 19.8. The summed E-state index contributed by atoms with van der Waals surface area (Å²) in [6.45, 7) is 5.29. The molecule has 3 aromatic rings. The maximum Gasteiger partial charge on any atom is 0.294 e. The second-order valence-electron chi connectivity index (χ2n) is 9.16. The van der Waals surface area contributed by atoms with Crippen LogP contribution < -0.4 is 4.74 Å². The molecule has 3 fully saturated rings. The predicted octanol–water partition coefficient (Wildman–Crippen LogP) is 4.61. The summed E-state index contributed by atoms with van der Waals surface area (Å²) in [6, 6.07) is 19.8. The number of hydrogen-bond donors (Lipinski definition) is 1. The van der Waals surface area contributed by atoms with Crippen molar-refractivity contribution in [1.29, 1.82) is 0 Å². The fourth-order valence-corrected chi connectivity index (χ4v) is 5.49. The van der Waals surface area contributed by atoms with Gasteiger partial charge in [0.1, 0.15) is 11.9 Å². The molecule has 3 heterocycles. The smallest absolute Gasteiger partial charge is 0.294 e. The molecule has 176 valence electrons. The van der Waals surface area contributed by atoms with Crippen LogP contribution in [0.1, 0.15) is 34.3 Å². The quantitative estimate of drug-likeness (QED) is 0.434. The van der Waals surface area contributed by atoms with Crippen molar-refractivity contribution >= 4 is 15.9 Å². The van der Waals surface area contributed by atoms with E-state index < -0.39 is 10.1 Å². The second kappa shape index (κ2) is 8.98. The van der Waals surface area contributed by atoms with E-state index in [0.29, 0.717) is 5.92 Å². The van der Waals surface area contributed by atoms with E-state index in [2.05, 4.69) is 4.90 Å². The van der Waals surface area contributed by atoms with Crippen molar-refractivity contribution in [3.63, 3.8) is 0 Å². The van der Waals surface area contributed by atoms with Gasteiger partial charge in [-0.1, -0.05) is 42.0 Å². The minimum Gasteiger partial charge on any atom is -0.489 e. The van der Waals surface area contributed by atoms with Crippen LogP contribution >= 0.6 is 0 Å².